The van der Waals surface area contributed by atoms with Crippen LogP contribution in [0.15, 0.2) is 30.5 Å². The van der Waals surface area contributed by atoms with Gasteiger partial charge >= 0.3 is 0 Å². The van der Waals surface area contributed by atoms with Crippen LogP contribution in [-0.2, 0) is 5.60 Å². The molecule has 1 aliphatic heterocycles. The van der Waals surface area contributed by atoms with Crippen LogP contribution in [0.1, 0.15) is 19.4 Å². The van der Waals surface area contributed by atoms with Gasteiger partial charge in [-0.3, -0.25) is 5.10 Å². The highest BCUT2D eigenvalue weighted by atomic mass is 16.5. The normalized spacial score (nSPS) is 16.4. The Balaban J connectivity index is 2.32. The number of benzene rings is 1. The molecule has 1 N–H and O–H groups in total. The van der Waals surface area contributed by atoms with Gasteiger partial charge in [-0.1, -0.05) is 12.1 Å². The number of aromatic amines is 1. The third-order valence-electron chi connectivity index (χ3n) is 2.81. The molecule has 0 fully saturated rings. The zero-order valence-electron chi connectivity index (χ0n) is 8.74. The van der Waals surface area contributed by atoms with Crippen molar-refractivity contribution in [2.24, 2.45) is 0 Å². The number of fused-ring (bicyclic) bond motifs is 3. The Hall–Kier alpha value is -1.77. The number of rotatable bonds is 0. The molecule has 15 heavy (non-hydrogen) atoms. The van der Waals surface area contributed by atoms with Crippen molar-refractivity contribution in [3.63, 3.8) is 0 Å². The van der Waals surface area contributed by atoms with Crippen molar-refractivity contribution < 1.29 is 4.74 Å². The van der Waals surface area contributed by atoms with Crippen molar-refractivity contribution >= 4 is 0 Å². The summed E-state index contributed by atoms with van der Waals surface area (Å²) in [5.74, 6) is 0.916. The SMILES string of the molecule is CC1(C)Oc2ccccc2-c2[nH]ncc21. The van der Waals surface area contributed by atoms with Gasteiger partial charge in [-0.2, -0.15) is 5.10 Å². The van der Waals surface area contributed by atoms with Crippen molar-refractivity contribution in [3.8, 4) is 17.0 Å². The minimum Gasteiger partial charge on any atom is -0.482 e. The lowest BCUT2D eigenvalue weighted by atomic mass is 9.92. The number of nitrogens with zero attached hydrogens (tertiary/aromatic N) is 1. The molecule has 76 valence electrons. The summed E-state index contributed by atoms with van der Waals surface area (Å²) in [6.45, 7) is 4.11. The van der Waals surface area contributed by atoms with E-state index in [-0.39, 0.29) is 5.60 Å². The number of nitrogens with one attached hydrogen (secondary N) is 1. The molecule has 0 unspecified atom stereocenters. The topological polar surface area (TPSA) is 37.9 Å². The average molecular weight is 200 g/mol. The summed E-state index contributed by atoms with van der Waals surface area (Å²) < 4.78 is 5.94. The second-order valence-electron chi connectivity index (χ2n) is 4.27. The molecule has 0 atom stereocenters. The molecular weight excluding hydrogens is 188 g/mol. The van der Waals surface area contributed by atoms with Crippen molar-refractivity contribution in [1.29, 1.82) is 0 Å². The van der Waals surface area contributed by atoms with Gasteiger partial charge in [-0.15, -0.1) is 0 Å². The second kappa shape index (κ2) is 2.63. The van der Waals surface area contributed by atoms with Crippen molar-refractivity contribution in [1.82, 2.24) is 10.2 Å². The number of H-pyrrole nitrogens is 1. The lowest BCUT2D eigenvalue weighted by Gasteiger charge is -2.32. The molecule has 2 heterocycles. The molecule has 0 radical (unpaired) electrons. The molecule has 0 aliphatic carbocycles. The Kier molecular flexibility index (Phi) is 1.49. The second-order valence-corrected chi connectivity index (χ2v) is 4.27. The maximum absolute atomic E-state index is 5.94. The lowest BCUT2D eigenvalue weighted by molar-refractivity contribution is 0.106. The fourth-order valence-corrected chi connectivity index (χ4v) is 2.04. The van der Waals surface area contributed by atoms with Crippen molar-refractivity contribution in [2.45, 2.75) is 19.4 Å². The van der Waals surface area contributed by atoms with Crippen LogP contribution >= 0.6 is 0 Å². The van der Waals surface area contributed by atoms with Gasteiger partial charge < -0.3 is 4.74 Å². The van der Waals surface area contributed by atoms with E-state index < -0.39 is 0 Å². The van der Waals surface area contributed by atoms with E-state index in [0.29, 0.717) is 0 Å². The van der Waals surface area contributed by atoms with Crippen LogP contribution in [-0.4, -0.2) is 10.2 Å². The quantitative estimate of drug-likeness (QED) is 0.710. The van der Waals surface area contributed by atoms with Crippen LogP contribution in [0.3, 0.4) is 0 Å². The van der Waals surface area contributed by atoms with E-state index in [1.165, 1.54) is 0 Å². The van der Waals surface area contributed by atoms with E-state index in [0.717, 1.165) is 22.6 Å². The molecule has 1 aromatic heterocycles. The van der Waals surface area contributed by atoms with E-state index >= 15 is 0 Å². The van der Waals surface area contributed by atoms with Crippen molar-refractivity contribution in [2.75, 3.05) is 0 Å². The molecular formula is C12H12N2O. The Labute approximate surface area is 88.1 Å². The molecule has 0 bridgehead atoms. The number of hydrogen-bond donors (Lipinski definition) is 1. The van der Waals surface area contributed by atoms with Gasteiger partial charge in [0.1, 0.15) is 11.4 Å². The fourth-order valence-electron chi connectivity index (χ4n) is 2.04. The highest BCUT2D eigenvalue weighted by Crippen LogP contribution is 2.43. The van der Waals surface area contributed by atoms with Gasteiger partial charge in [0.05, 0.1) is 11.9 Å². The van der Waals surface area contributed by atoms with Crippen LogP contribution in [0.25, 0.3) is 11.3 Å². The van der Waals surface area contributed by atoms with E-state index in [1.54, 1.807) is 0 Å². The Morgan fingerprint density at radius 2 is 2.07 bits per heavy atom. The number of para-hydroxylation sites is 1. The molecule has 3 heteroatoms. The number of hydrogen-bond acceptors (Lipinski definition) is 2. The Morgan fingerprint density at radius 3 is 2.93 bits per heavy atom. The van der Waals surface area contributed by atoms with Crippen LogP contribution in [0.4, 0.5) is 0 Å². The minimum atomic E-state index is -0.309. The van der Waals surface area contributed by atoms with E-state index in [2.05, 4.69) is 24.0 Å². The zero-order chi connectivity index (χ0) is 10.5. The standard InChI is InChI=1S/C12H12N2O/c1-12(2)9-7-13-14-11(9)8-5-3-4-6-10(8)15-12/h3-7H,1-2H3,(H,13,14). The maximum atomic E-state index is 5.94. The molecule has 0 spiro atoms. The van der Waals surface area contributed by atoms with E-state index in [4.69, 9.17) is 4.74 Å². The summed E-state index contributed by atoms with van der Waals surface area (Å²) in [5, 5.41) is 7.13. The molecule has 0 amide bonds. The highest BCUT2D eigenvalue weighted by molar-refractivity contribution is 5.72. The largest absolute Gasteiger partial charge is 0.482 e. The van der Waals surface area contributed by atoms with E-state index in [9.17, 15) is 0 Å². The van der Waals surface area contributed by atoms with Crippen LogP contribution in [0.2, 0.25) is 0 Å². The summed E-state index contributed by atoms with van der Waals surface area (Å²) in [7, 11) is 0. The first-order valence-electron chi connectivity index (χ1n) is 5.01. The lowest BCUT2D eigenvalue weighted by Crippen LogP contribution is -2.28. The maximum Gasteiger partial charge on any atom is 0.132 e. The van der Waals surface area contributed by atoms with Gasteiger partial charge in [0.25, 0.3) is 0 Å². The summed E-state index contributed by atoms with van der Waals surface area (Å²) in [6, 6.07) is 8.02. The summed E-state index contributed by atoms with van der Waals surface area (Å²) in [4.78, 5) is 0. The first-order chi connectivity index (χ1) is 7.18. The van der Waals surface area contributed by atoms with Crippen LogP contribution in [0, 0.1) is 0 Å². The molecule has 3 nitrogen and oxygen atoms in total. The van der Waals surface area contributed by atoms with E-state index in [1.807, 2.05) is 30.5 Å². The minimum absolute atomic E-state index is 0.309. The Bertz CT molecular complexity index is 514. The highest BCUT2D eigenvalue weighted by Gasteiger charge is 2.33. The third-order valence-corrected chi connectivity index (χ3v) is 2.81. The van der Waals surface area contributed by atoms with Gasteiger partial charge in [-0.05, 0) is 26.0 Å². The molecule has 0 saturated heterocycles. The molecule has 1 aliphatic rings. The van der Waals surface area contributed by atoms with Crippen molar-refractivity contribution in [3.05, 3.63) is 36.0 Å². The van der Waals surface area contributed by atoms with Gasteiger partial charge in [0.15, 0.2) is 0 Å². The zero-order valence-corrected chi connectivity index (χ0v) is 8.74. The fraction of sp³-hybridized carbons (Fsp3) is 0.250. The predicted octanol–water partition coefficient (Wildman–Crippen LogP) is 2.70. The van der Waals surface area contributed by atoms with Crippen LogP contribution < -0.4 is 4.74 Å². The first kappa shape index (κ1) is 8.53. The number of aromatic nitrogens is 2. The predicted molar refractivity (Wildman–Crippen MR) is 57.7 cm³/mol. The third kappa shape index (κ3) is 1.09. The average Bonchev–Trinajstić information content (AvgIpc) is 2.66. The van der Waals surface area contributed by atoms with Crippen LogP contribution in [0.5, 0.6) is 5.75 Å². The van der Waals surface area contributed by atoms with Gasteiger partial charge in [0.2, 0.25) is 0 Å². The molecule has 1 aromatic carbocycles. The summed E-state index contributed by atoms with van der Waals surface area (Å²) >= 11 is 0. The smallest absolute Gasteiger partial charge is 0.132 e. The van der Waals surface area contributed by atoms with Gasteiger partial charge in [-0.25, -0.2) is 0 Å². The summed E-state index contributed by atoms with van der Waals surface area (Å²) in [6.07, 6.45) is 1.84. The molecule has 3 rings (SSSR count). The molecule has 2 aromatic rings. The first-order valence-corrected chi connectivity index (χ1v) is 5.01. The summed E-state index contributed by atoms with van der Waals surface area (Å²) in [5.41, 5.74) is 2.96. The number of ether oxygens (including phenoxy) is 1. The monoisotopic (exact) mass is 200 g/mol. The Morgan fingerprint density at radius 1 is 1.27 bits per heavy atom. The molecule has 0 saturated carbocycles. The van der Waals surface area contributed by atoms with Gasteiger partial charge in [0, 0.05) is 11.1 Å².